The van der Waals surface area contributed by atoms with E-state index in [1.54, 1.807) is 0 Å². The van der Waals surface area contributed by atoms with Crippen molar-refractivity contribution < 1.29 is 22.6 Å². The molecule has 2 aliphatic carbocycles. The second-order valence-corrected chi connectivity index (χ2v) is 10.2. The van der Waals surface area contributed by atoms with Crippen molar-refractivity contribution in [2.75, 3.05) is 18.9 Å². The summed E-state index contributed by atoms with van der Waals surface area (Å²) < 4.78 is 50.0. The van der Waals surface area contributed by atoms with Gasteiger partial charge in [0.1, 0.15) is 0 Å². The predicted octanol–water partition coefficient (Wildman–Crippen LogP) is 3.97. The van der Waals surface area contributed by atoms with Crippen LogP contribution in [-0.2, 0) is 4.74 Å². The summed E-state index contributed by atoms with van der Waals surface area (Å²) in [5, 5.41) is 4.74. The monoisotopic (exact) mass is 463 g/mol. The zero-order chi connectivity index (χ0) is 23.1. The molecule has 6 rings (SSSR count). The van der Waals surface area contributed by atoms with Crippen molar-refractivity contribution in [3.8, 4) is 17.0 Å². The van der Waals surface area contributed by atoms with Crippen LogP contribution in [0.3, 0.4) is 0 Å². The summed E-state index contributed by atoms with van der Waals surface area (Å²) in [5.74, 6) is 0.934. The molecule has 4 atom stereocenters. The van der Waals surface area contributed by atoms with Crippen molar-refractivity contribution in [1.82, 2.24) is 19.7 Å². The smallest absolute Gasteiger partial charge is 0.402 e. The molecule has 2 bridgehead atoms. The van der Waals surface area contributed by atoms with E-state index in [1.165, 1.54) is 31.5 Å². The molecule has 0 aromatic carbocycles. The van der Waals surface area contributed by atoms with Gasteiger partial charge in [-0.2, -0.15) is 5.10 Å². The lowest BCUT2D eigenvalue weighted by molar-refractivity contribution is -0.274. The van der Waals surface area contributed by atoms with Crippen LogP contribution in [0.1, 0.15) is 50.8 Å². The third kappa shape index (κ3) is 3.67. The van der Waals surface area contributed by atoms with E-state index in [4.69, 9.17) is 15.6 Å². The first-order valence-corrected chi connectivity index (χ1v) is 11.7. The average molecular weight is 464 g/mol. The van der Waals surface area contributed by atoms with Crippen LogP contribution >= 0.6 is 0 Å². The number of ether oxygens (including phenoxy) is 2. The van der Waals surface area contributed by atoms with Crippen LogP contribution in [0.15, 0.2) is 18.3 Å². The number of fused-ring (bicyclic) bond motifs is 3. The highest BCUT2D eigenvalue weighted by Gasteiger charge is 2.60. The van der Waals surface area contributed by atoms with Gasteiger partial charge in [-0.1, -0.05) is 0 Å². The van der Waals surface area contributed by atoms with E-state index in [0.717, 1.165) is 18.8 Å². The van der Waals surface area contributed by atoms with E-state index >= 15 is 0 Å². The molecule has 2 saturated carbocycles. The van der Waals surface area contributed by atoms with Crippen LogP contribution in [0.2, 0.25) is 0 Å². The van der Waals surface area contributed by atoms with Gasteiger partial charge in [-0.3, -0.25) is 9.58 Å². The Bertz CT molecular complexity index is 1060. The molecule has 2 aromatic heterocycles. The fourth-order valence-electron chi connectivity index (χ4n) is 6.41. The highest BCUT2D eigenvalue weighted by Crippen LogP contribution is 2.64. The lowest BCUT2D eigenvalue weighted by Crippen LogP contribution is -2.43. The number of morpholine rings is 1. The summed E-state index contributed by atoms with van der Waals surface area (Å²) in [7, 11) is 0. The number of anilines is 1. The fourth-order valence-corrected chi connectivity index (χ4v) is 6.41. The lowest BCUT2D eigenvalue weighted by Gasteiger charge is -2.33. The Morgan fingerprint density at radius 1 is 1.15 bits per heavy atom. The SMILES string of the molecule is CC(C)n1nc(-c2cnc(N)c(OC(F)(F)F)c2)cc1C1C2CC(N3C[C@@H]4C[C@H]3CO4)CC21. The molecule has 4 heterocycles. The number of nitrogen functional groups attached to an aromatic ring is 1. The molecule has 0 radical (unpaired) electrons. The highest BCUT2D eigenvalue weighted by atomic mass is 19.4. The third-order valence-corrected chi connectivity index (χ3v) is 7.83. The van der Waals surface area contributed by atoms with Gasteiger partial charge in [-0.25, -0.2) is 4.98 Å². The molecule has 2 N–H and O–H groups in total. The van der Waals surface area contributed by atoms with E-state index in [1.807, 2.05) is 10.7 Å². The Labute approximate surface area is 190 Å². The molecule has 4 aliphatic rings. The summed E-state index contributed by atoms with van der Waals surface area (Å²) in [6.07, 6.45) is 0.610. The van der Waals surface area contributed by atoms with E-state index in [0.29, 0.717) is 47.2 Å². The molecular formula is C23H28F3N5O2. The molecule has 0 spiro atoms. The molecule has 10 heteroatoms. The van der Waals surface area contributed by atoms with Crippen molar-refractivity contribution in [2.45, 2.75) is 69.6 Å². The van der Waals surface area contributed by atoms with E-state index < -0.39 is 12.1 Å². The van der Waals surface area contributed by atoms with Gasteiger partial charge in [-0.15, -0.1) is 13.2 Å². The number of nitrogens with two attached hydrogens (primary N) is 1. The number of pyridine rings is 1. The number of rotatable bonds is 5. The second-order valence-electron chi connectivity index (χ2n) is 10.2. The number of hydrogen-bond donors (Lipinski definition) is 1. The van der Waals surface area contributed by atoms with Gasteiger partial charge in [0.2, 0.25) is 0 Å². The zero-order valence-corrected chi connectivity index (χ0v) is 18.6. The van der Waals surface area contributed by atoms with E-state index in [9.17, 15) is 13.2 Å². The Hall–Kier alpha value is -2.33. The van der Waals surface area contributed by atoms with E-state index in [2.05, 4.69) is 28.5 Å². The Morgan fingerprint density at radius 2 is 1.91 bits per heavy atom. The van der Waals surface area contributed by atoms with E-state index in [-0.39, 0.29) is 11.9 Å². The standard InChI is InChI=1S/C23H28F3N5O2/c1-11(2)31-19(7-18(29-31)12-3-20(22(27)28-8-12)33-23(24,25)26)21-16-5-13(6-17(16)21)30-9-15-4-14(30)10-32-15/h3,7-8,11,13-17,21H,4-6,9-10H2,1-2H3,(H2,27,28)/t13?,14-,15-,16?,17?,21?/m0/s1. The molecule has 4 fully saturated rings. The van der Waals surface area contributed by atoms with Crippen molar-refractivity contribution in [3.63, 3.8) is 0 Å². The lowest BCUT2D eigenvalue weighted by atomic mass is 10.0. The van der Waals surface area contributed by atoms with Gasteiger partial charge in [0.15, 0.2) is 11.6 Å². The number of likely N-dealkylation sites (tertiary alicyclic amines) is 1. The highest BCUT2D eigenvalue weighted by molar-refractivity contribution is 5.64. The number of alkyl halides is 3. The number of aromatic nitrogens is 3. The van der Waals surface area contributed by atoms with Crippen molar-refractivity contribution in [2.24, 2.45) is 11.8 Å². The maximum atomic E-state index is 12.7. The van der Waals surface area contributed by atoms with Crippen LogP contribution < -0.4 is 10.5 Å². The number of halogens is 3. The van der Waals surface area contributed by atoms with Crippen LogP contribution in [0.4, 0.5) is 19.0 Å². The predicted molar refractivity (Wildman–Crippen MR) is 115 cm³/mol. The zero-order valence-electron chi connectivity index (χ0n) is 18.6. The van der Waals surface area contributed by atoms with Crippen molar-refractivity contribution in [3.05, 3.63) is 24.0 Å². The molecule has 2 saturated heterocycles. The summed E-state index contributed by atoms with van der Waals surface area (Å²) in [5.41, 5.74) is 7.80. The largest absolute Gasteiger partial charge is 0.573 e. The molecular weight excluding hydrogens is 435 g/mol. The Balaban J connectivity index is 1.22. The first-order valence-electron chi connectivity index (χ1n) is 11.7. The topological polar surface area (TPSA) is 78.4 Å². The molecule has 2 aliphatic heterocycles. The second kappa shape index (κ2) is 7.33. The van der Waals surface area contributed by atoms with Gasteiger partial charge in [0, 0.05) is 48.0 Å². The van der Waals surface area contributed by atoms with Gasteiger partial charge in [0.05, 0.1) is 18.4 Å². The molecule has 0 amide bonds. The van der Waals surface area contributed by atoms with Gasteiger partial charge < -0.3 is 15.2 Å². The summed E-state index contributed by atoms with van der Waals surface area (Å²) >= 11 is 0. The minimum Gasteiger partial charge on any atom is -0.402 e. The van der Waals surface area contributed by atoms with Crippen LogP contribution in [0.5, 0.6) is 5.75 Å². The van der Waals surface area contributed by atoms with Crippen LogP contribution in [-0.4, -0.2) is 57.4 Å². The van der Waals surface area contributed by atoms with Gasteiger partial charge in [0.25, 0.3) is 0 Å². The molecule has 33 heavy (non-hydrogen) atoms. The summed E-state index contributed by atoms with van der Waals surface area (Å²) in [6.45, 7) is 6.09. The quantitative estimate of drug-likeness (QED) is 0.723. The third-order valence-electron chi connectivity index (χ3n) is 7.83. The minimum atomic E-state index is -4.83. The van der Waals surface area contributed by atoms with Crippen LogP contribution in [0.25, 0.3) is 11.3 Å². The van der Waals surface area contributed by atoms with Crippen molar-refractivity contribution >= 4 is 5.82 Å². The summed E-state index contributed by atoms with van der Waals surface area (Å²) in [4.78, 5) is 6.57. The van der Waals surface area contributed by atoms with Crippen molar-refractivity contribution in [1.29, 1.82) is 0 Å². The molecule has 2 unspecified atom stereocenters. The first-order chi connectivity index (χ1) is 15.7. The summed E-state index contributed by atoms with van der Waals surface area (Å²) in [6, 6.07) is 4.66. The first kappa shape index (κ1) is 21.2. The Kier molecular flexibility index (Phi) is 4.72. The Morgan fingerprint density at radius 3 is 2.52 bits per heavy atom. The average Bonchev–Trinajstić information content (AvgIpc) is 3.32. The minimum absolute atomic E-state index is 0.143. The number of nitrogens with zero attached hydrogens (tertiary/aromatic N) is 4. The van der Waals surface area contributed by atoms with Gasteiger partial charge in [-0.05, 0) is 57.1 Å². The van der Waals surface area contributed by atoms with Crippen LogP contribution in [0, 0.1) is 11.8 Å². The number of hydrogen-bond acceptors (Lipinski definition) is 6. The maximum Gasteiger partial charge on any atom is 0.573 e. The maximum absolute atomic E-state index is 12.7. The van der Waals surface area contributed by atoms with Gasteiger partial charge >= 0.3 is 6.36 Å². The molecule has 178 valence electrons. The molecule has 7 nitrogen and oxygen atoms in total. The fraction of sp³-hybridized carbons (Fsp3) is 0.652. The molecule has 2 aromatic rings. The normalized spacial score (nSPS) is 33.2.